The fourth-order valence-electron chi connectivity index (χ4n) is 3.10. The quantitative estimate of drug-likeness (QED) is 0.806. The Morgan fingerprint density at radius 2 is 1.85 bits per heavy atom. The maximum atomic E-state index is 12.6. The standard InChI is InChI=1S/C19H22N2O4S/c1-14-12-15-6-4-5-7-18(15)21(14)19(22)13-25-17-10-8-16(9-11-17)20(2)26(3,23)24/h4-11,14H,12-13H2,1-3H3/t14-/m0/s1. The molecule has 0 fully saturated rings. The second-order valence-corrected chi connectivity index (χ2v) is 8.47. The van der Waals surface area contributed by atoms with Gasteiger partial charge in [-0.3, -0.25) is 9.10 Å². The molecule has 2 aromatic carbocycles. The summed E-state index contributed by atoms with van der Waals surface area (Å²) in [4.78, 5) is 14.4. The number of ether oxygens (including phenoxy) is 1. The van der Waals surface area contributed by atoms with Gasteiger partial charge in [-0.05, 0) is 49.2 Å². The molecule has 0 aromatic heterocycles. The average molecular weight is 374 g/mol. The van der Waals surface area contributed by atoms with Crippen LogP contribution in [0, 0.1) is 0 Å². The number of benzene rings is 2. The summed E-state index contributed by atoms with van der Waals surface area (Å²) >= 11 is 0. The monoisotopic (exact) mass is 374 g/mol. The van der Waals surface area contributed by atoms with Crippen LogP contribution in [0.2, 0.25) is 0 Å². The molecule has 0 saturated heterocycles. The van der Waals surface area contributed by atoms with E-state index in [1.807, 2.05) is 31.2 Å². The van der Waals surface area contributed by atoms with Crippen molar-refractivity contribution in [2.24, 2.45) is 0 Å². The van der Waals surface area contributed by atoms with Crippen LogP contribution in [0.1, 0.15) is 12.5 Å². The summed E-state index contributed by atoms with van der Waals surface area (Å²) in [7, 11) is -1.82. The lowest BCUT2D eigenvalue weighted by Crippen LogP contribution is -2.39. The Bertz CT molecular complexity index is 909. The second-order valence-electron chi connectivity index (χ2n) is 6.46. The number of anilines is 2. The maximum Gasteiger partial charge on any atom is 0.265 e. The third-order valence-electron chi connectivity index (χ3n) is 4.54. The fourth-order valence-corrected chi connectivity index (χ4v) is 3.61. The minimum absolute atomic E-state index is 0.0695. The minimum atomic E-state index is -3.31. The SMILES string of the molecule is C[C@H]1Cc2ccccc2N1C(=O)COc1ccc(N(C)S(C)(=O)=O)cc1. The predicted molar refractivity (Wildman–Crippen MR) is 102 cm³/mol. The van der Waals surface area contributed by atoms with E-state index in [1.54, 1.807) is 29.2 Å². The molecule has 138 valence electrons. The lowest BCUT2D eigenvalue weighted by molar-refractivity contribution is -0.120. The van der Waals surface area contributed by atoms with Crippen molar-refractivity contribution >= 4 is 27.3 Å². The number of carbonyl (C=O) groups is 1. The summed E-state index contributed by atoms with van der Waals surface area (Å²) in [5, 5.41) is 0. The van der Waals surface area contributed by atoms with Gasteiger partial charge in [0.15, 0.2) is 6.61 Å². The molecule has 26 heavy (non-hydrogen) atoms. The van der Waals surface area contributed by atoms with Crippen molar-refractivity contribution in [3.05, 3.63) is 54.1 Å². The molecule has 1 aliphatic rings. The average Bonchev–Trinajstić information content (AvgIpc) is 2.94. The number of carbonyl (C=O) groups excluding carboxylic acids is 1. The van der Waals surface area contributed by atoms with E-state index in [4.69, 9.17) is 4.74 Å². The zero-order chi connectivity index (χ0) is 18.9. The highest BCUT2D eigenvalue weighted by molar-refractivity contribution is 7.92. The number of fused-ring (bicyclic) bond motifs is 1. The summed E-state index contributed by atoms with van der Waals surface area (Å²) in [6.45, 7) is 1.95. The molecule has 0 spiro atoms. The molecule has 0 bridgehead atoms. The predicted octanol–water partition coefficient (Wildman–Crippen LogP) is 2.44. The van der Waals surface area contributed by atoms with E-state index in [0.29, 0.717) is 11.4 Å². The molecule has 0 N–H and O–H groups in total. The van der Waals surface area contributed by atoms with Crippen molar-refractivity contribution in [1.82, 2.24) is 0 Å². The number of para-hydroxylation sites is 1. The Hall–Kier alpha value is -2.54. The Balaban J connectivity index is 1.65. The second kappa shape index (κ2) is 6.99. The fraction of sp³-hybridized carbons (Fsp3) is 0.316. The number of hydrogen-bond donors (Lipinski definition) is 0. The van der Waals surface area contributed by atoms with Crippen LogP contribution in [0.5, 0.6) is 5.75 Å². The summed E-state index contributed by atoms with van der Waals surface area (Å²) in [5.74, 6) is 0.420. The zero-order valence-electron chi connectivity index (χ0n) is 15.0. The van der Waals surface area contributed by atoms with E-state index in [2.05, 4.69) is 0 Å². The van der Waals surface area contributed by atoms with E-state index in [-0.39, 0.29) is 18.6 Å². The van der Waals surface area contributed by atoms with Gasteiger partial charge in [-0.25, -0.2) is 8.42 Å². The highest BCUT2D eigenvalue weighted by Crippen LogP contribution is 2.31. The molecule has 1 amide bonds. The van der Waals surface area contributed by atoms with Gasteiger partial charge in [-0.15, -0.1) is 0 Å². The normalized spacial score (nSPS) is 16.3. The van der Waals surface area contributed by atoms with Crippen molar-refractivity contribution in [3.63, 3.8) is 0 Å². The number of rotatable bonds is 5. The lowest BCUT2D eigenvalue weighted by Gasteiger charge is -2.23. The summed E-state index contributed by atoms with van der Waals surface area (Å²) in [6.07, 6.45) is 1.99. The molecular weight excluding hydrogens is 352 g/mol. The zero-order valence-corrected chi connectivity index (χ0v) is 15.9. The molecule has 0 unspecified atom stereocenters. The Morgan fingerprint density at radius 1 is 1.19 bits per heavy atom. The molecule has 0 saturated carbocycles. The molecule has 3 rings (SSSR count). The molecular formula is C19H22N2O4S. The van der Waals surface area contributed by atoms with Crippen LogP contribution in [0.25, 0.3) is 0 Å². The van der Waals surface area contributed by atoms with Crippen LogP contribution in [0.4, 0.5) is 11.4 Å². The van der Waals surface area contributed by atoms with Crippen LogP contribution in [0.15, 0.2) is 48.5 Å². The molecule has 1 aliphatic heterocycles. The Labute approximate surface area is 154 Å². The smallest absolute Gasteiger partial charge is 0.265 e. The Kier molecular flexibility index (Phi) is 4.91. The van der Waals surface area contributed by atoms with Gasteiger partial charge in [0.25, 0.3) is 5.91 Å². The number of sulfonamides is 1. The third kappa shape index (κ3) is 3.67. The molecule has 2 aromatic rings. The van der Waals surface area contributed by atoms with Crippen molar-refractivity contribution in [2.45, 2.75) is 19.4 Å². The van der Waals surface area contributed by atoms with Gasteiger partial charge in [-0.2, -0.15) is 0 Å². The van der Waals surface area contributed by atoms with Gasteiger partial charge in [0, 0.05) is 18.8 Å². The first-order chi connectivity index (χ1) is 12.3. The van der Waals surface area contributed by atoms with Crippen LogP contribution in [0.3, 0.4) is 0 Å². The van der Waals surface area contributed by atoms with Gasteiger partial charge in [0.05, 0.1) is 11.9 Å². The van der Waals surface area contributed by atoms with Crippen molar-refractivity contribution in [3.8, 4) is 5.75 Å². The van der Waals surface area contributed by atoms with E-state index < -0.39 is 10.0 Å². The molecule has 0 aliphatic carbocycles. The van der Waals surface area contributed by atoms with Crippen LogP contribution in [-0.4, -0.2) is 40.3 Å². The van der Waals surface area contributed by atoms with Gasteiger partial charge < -0.3 is 9.64 Å². The maximum absolute atomic E-state index is 12.6. The van der Waals surface area contributed by atoms with Gasteiger partial charge in [0.2, 0.25) is 10.0 Å². The van der Waals surface area contributed by atoms with Crippen LogP contribution < -0.4 is 13.9 Å². The lowest BCUT2D eigenvalue weighted by atomic mass is 10.1. The largest absolute Gasteiger partial charge is 0.484 e. The Morgan fingerprint density at radius 3 is 2.50 bits per heavy atom. The number of hydrogen-bond acceptors (Lipinski definition) is 4. The first-order valence-corrected chi connectivity index (χ1v) is 10.2. The number of nitrogens with zero attached hydrogens (tertiary/aromatic N) is 2. The van der Waals surface area contributed by atoms with E-state index in [1.165, 1.54) is 16.9 Å². The molecule has 1 atom stereocenters. The first kappa shape index (κ1) is 18.3. The first-order valence-electron chi connectivity index (χ1n) is 8.34. The van der Waals surface area contributed by atoms with E-state index in [0.717, 1.165) is 18.4 Å². The van der Waals surface area contributed by atoms with Crippen LogP contribution in [-0.2, 0) is 21.2 Å². The minimum Gasteiger partial charge on any atom is -0.484 e. The van der Waals surface area contributed by atoms with Crippen LogP contribution >= 0.6 is 0 Å². The summed E-state index contributed by atoms with van der Waals surface area (Å²) < 4.78 is 29.9. The third-order valence-corrected chi connectivity index (χ3v) is 5.74. The summed E-state index contributed by atoms with van der Waals surface area (Å²) in [5.41, 5.74) is 2.65. The number of amides is 1. The van der Waals surface area contributed by atoms with Gasteiger partial charge >= 0.3 is 0 Å². The highest BCUT2D eigenvalue weighted by Gasteiger charge is 2.30. The highest BCUT2D eigenvalue weighted by atomic mass is 32.2. The van der Waals surface area contributed by atoms with Gasteiger partial charge in [0.1, 0.15) is 5.75 Å². The van der Waals surface area contributed by atoms with E-state index in [9.17, 15) is 13.2 Å². The van der Waals surface area contributed by atoms with Crippen molar-refractivity contribution in [2.75, 3.05) is 29.1 Å². The molecule has 7 heteroatoms. The summed E-state index contributed by atoms with van der Waals surface area (Å²) in [6, 6.07) is 14.6. The molecule has 6 nitrogen and oxygen atoms in total. The van der Waals surface area contributed by atoms with Crippen molar-refractivity contribution in [1.29, 1.82) is 0 Å². The molecule has 1 heterocycles. The topological polar surface area (TPSA) is 66.9 Å². The van der Waals surface area contributed by atoms with Crippen molar-refractivity contribution < 1.29 is 17.9 Å². The van der Waals surface area contributed by atoms with Gasteiger partial charge in [-0.1, -0.05) is 18.2 Å². The van der Waals surface area contributed by atoms with E-state index >= 15 is 0 Å². The molecule has 0 radical (unpaired) electrons.